The largest absolute Gasteiger partial charge is 0.394 e. The number of nitrogens with two attached hydrogens (primary N) is 1. The molecule has 1 fully saturated rings. The van der Waals surface area contributed by atoms with E-state index >= 15 is 0 Å². The first-order valence-corrected chi connectivity index (χ1v) is 5.21. The zero-order valence-electron chi connectivity index (χ0n) is 8.88. The van der Waals surface area contributed by atoms with Gasteiger partial charge in [-0.25, -0.2) is 0 Å². The van der Waals surface area contributed by atoms with E-state index in [9.17, 15) is 0 Å². The van der Waals surface area contributed by atoms with Crippen LogP contribution in [0, 0.1) is 12.8 Å². The van der Waals surface area contributed by atoms with Gasteiger partial charge in [-0.15, -0.1) is 0 Å². The van der Waals surface area contributed by atoms with Crippen LogP contribution in [0.2, 0.25) is 0 Å². The maximum atomic E-state index is 5.90. The summed E-state index contributed by atoms with van der Waals surface area (Å²) < 4.78 is 1.82. The van der Waals surface area contributed by atoms with E-state index in [4.69, 9.17) is 5.73 Å². The zero-order valence-corrected chi connectivity index (χ0v) is 8.88. The van der Waals surface area contributed by atoms with Gasteiger partial charge in [0.15, 0.2) is 0 Å². The van der Waals surface area contributed by atoms with Gasteiger partial charge in [-0.05, 0) is 25.7 Å². The summed E-state index contributed by atoms with van der Waals surface area (Å²) in [4.78, 5) is 0. The van der Waals surface area contributed by atoms with E-state index < -0.39 is 0 Å². The summed E-state index contributed by atoms with van der Waals surface area (Å²) in [5.74, 6) is 1.80. The molecule has 2 rings (SSSR count). The third-order valence-electron chi connectivity index (χ3n) is 3.05. The van der Waals surface area contributed by atoms with Gasteiger partial charge < -0.3 is 11.1 Å². The predicted molar refractivity (Wildman–Crippen MR) is 58.2 cm³/mol. The summed E-state index contributed by atoms with van der Waals surface area (Å²) in [5, 5.41) is 7.64. The maximum Gasteiger partial charge on any atom is 0.147 e. The number of nitrogens with zero attached hydrogens (tertiary/aromatic N) is 2. The SMILES string of the molecule is Cc1nn(C)c(NCC2CCC2)c1N. The molecule has 0 bridgehead atoms. The summed E-state index contributed by atoms with van der Waals surface area (Å²) in [6.07, 6.45) is 4.08. The molecule has 4 heteroatoms. The standard InChI is InChI=1S/C10H18N4/c1-7-9(11)10(14(2)13-7)12-6-8-4-3-5-8/h8,12H,3-6,11H2,1-2H3. The van der Waals surface area contributed by atoms with Crippen molar-refractivity contribution < 1.29 is 0 Å². The molecule has 1 aromatic rings. The van der Waals surface area contributed by atoms with Crippen LogP contribution in [-0.4, -0.2) is 16.3 Å². The van der Waals surface area contributed by atoms with Crippen molar-refractivity contribution >= 4 is 11.5 Å². The van der Waals surface area contributed by atoms with E-state index in [2.05, 4.69) is 10.4 Å². The summed E-state index contributed by atoms with van der Waals surface area (Å²) in [6.45, 7) is 2.97. The van der Waals surface area contributed by atoms with Crippen LogP contribution in [-0.2, 0) is 7.05 Å². The summed E-state index contributed by atoms with van der Waals surface area (Å²) in [7, 11) is 1.92. The van der Waals surface area contributed by atoms with Gasteiger partial charge in [0.1, 0.15) is 5.82 Å². The van der Waals surface area contributed by atoms with Crippen molar-refractivity contribution in [2.75, 3.05) is 17.6 Å². The molecule has 0 atom stereocenters. The molecule has 1 aliphatic carbocycles. The molecule has 0 amide bonds. The molecule has 1 aliphatic rings. The Labute approximate surface area is 84.5 Å². The summed E-state index contributed by atoms with van der Waals surface area (Å²) >= 11 is 0. The fourth-order valence-electron chi connectivity index (χ4n) is 1.82. The lowest BCUT2D eigenvalue weighted by atomic mass is 9.85. The molecule has 14 heavy (non-hydrogen) atoms. The van der Waals surface area contributed by atoms with Crippen LogP contribution in [0.15, 0.2) is 0 Å². The van der Waals surface area contributed by atoms with Crippen molar-refractivity contribution in [2.45, 2.75) is 26.2 Å². The predicted octanol–water partition coefficient (Wildman–Crippen LogP) is 1.52. The summed E-state index contributed by atoms with van der Waals surface area (Å²) in [6, 6.07) is 0. The Kier molecular flexibility index (Phi) is 2.35. The highest BCUT2D eigenvalue weighted by atomic mass is 15.3. The minimum absolute atomic E-state index is 0.784. The highest BCUT2D eigenvalue weighted by Gasteiger charge is 2.18. The third-order valence-corrected chi connectivity index (χ3v) is 3.05. The van der Waals surface area contributed by atoms with Gasteiger partial charge in [-0.3, -0.25) is 4.68 Å². The van der Waals surface area contributed by atoms with Crippen LogP contribution >= 0.6 is 0 Å². The van der Waals surface area contributed by atoms with Crippen LogP contribution in [0.4, 0.5) is 11.5 Å². The molecule has 0 unspecified atom stereocenters. The van der Waals surface area contributed by atoms with Crippen molar-refractivity contribution in [2.24, 2.45) is 13.0 Å². The van der Waals surface area contributed by atoms with Crippen molar-refractivity contribution in [3.63, 3.8) is 0 Å². The molecule has 4 nitrogen and oxygen atoms in total. The Hall–Kier alpha value is -1.19. The van der Waals surface area contributed by atoms with Gasteiger partial charge in [0, 0.05) is 13.6 Å². The highest BCUT2D eigenvalue weighted by molar-refractivity contribution is 5.64. The highest BCUT2D eigenvalue weighted by Crippen LogP contribution is 2.28. The first kappa shape index (κ1) is 9.37. The Balaban J connectivity index is 2.00. The zero-order chi connectivity index (χ0) is 10.1. The molecule has 78 valence electrons. The molecule has 0 aliphatic heterocycles. The van der Waals surface area contributed by atoms with Gasteiger partial charge in [0.2, 0.25) is 0 Å². The third kappa shape index (κ3) is 1.56. The van der Waals surface area contributed by atoms with E-state index in [0.717, 1.165) is 29.7 Å². The van der Waals surface area contributed by atoms with Gasteiger partial charge in [0.25, 0.3) is 0 Å². The first-order chi connectivity index (χ1) is 6.68. The monoisotopic (exact) mass is 194 g/mol. The van der Waals surface area contributed by atoms with E-state index in [1.165, 1.54) is 19.3 Å². The van der Waals surface area contributed by atoms with Gasteiger partial charge in [-0.2, -0.15) is 5.10 Å². The number of nitrogens with one attached hydrogen (secondary N) is 1. The number of rotatable bonds is 3. The summed E-state index contributed by atoms with van der Waals surface area (Å²) in [5.41, 5.74) is 7.59. The minimum Gasteiger partial charge on any atom is -0.394 e. The number of aryl methyl sites for hydroxylation is 2. The second-order valence-corrected chi connectivity index (χ2v) is 4.15. The second kappa shape index (κ2) is 3.52. The molecule has 3 N–H and O–H groups in total. The Morgan fingerprint density at radius 3 is 2.71 bits per heavy atom. The van der Waals surface area contributed by atoms with Crippen LogP contribution in [0.25, 0.3) is 0 Å². The molecular formula is C10H18N4. The number of anilines is 2. The Morgan fingerprint density at radius 1 is 1.57 bits per heavy atom. The Bertz CT molecular complexity index is 325. The number of hydrogen-bond acceptors (Lipinski definition) is 3. The molecule has 1 aromatic heterocycles. The normalized spacial score (nSPS) is 16.7. The number of aromatic nitrogens is 2. The molecule has 0 spiro atoms. The van der Waals surface area contributed by atoms with Crippen LogP contribution in [0.3, 0.4) is 0 Å². The quantitative estimate of drug-likeness (QED) is 0.767. The molecule has 0 saturated heterocycles. The fraction of sp³-hybridized carbons (Fsp3) is 0.700. The van der Waals surface area contributed by atoms with Crippen molar-refractivity contribution in [3.8, 4) is 0 Å². The van der Waals surface area contributed by atoms with E-state index in [1.807, 2.05) is 18.7 Å². The van der Waals surface area contributed by atoms with Gasteiger partial charge in [-0.1, -0.05) is 6.42 Å². The van der Waals surface area contributed by atoms with Crippen LogP contribution in [0.5, 0.6) is 0 Å². The average Bonchev–Trinajstić information content (AvgIpc) is 2.28. The molecular weight excluding hydrogens is 176 g/mol. The van der Waals surface area contributed by atoms with E-state index in [0.29, 0.717) is 0 Å². The topological polar surface area (TPSA) is 55.9 Å². The van der Waals surface area contributed by atoms with Gasteiger partial charge in [0.05, 0.1) is 11.4 Å². The molecule has 1 heterocycles. The first-order valence-electron chi connectivity index (χ1n) is 5.21. The van der Waals surface area contributed by atoms with Crippen molar-refractivity contribution in [1.29, 1.82) is 0 Å². The lowest BCUT2D eigenvalue weighted by Crippen LogP contribution is -2.22. The van der Waals surface area contributed by atoms with Gasteiger partial charge >= 0.3 is 0 Å². The molecule has 1 saturated carbocycles. The van der Waals surface area contributed by atoms with Crippen LogP contribution < -0.4 is 11.1 Å². The maximum absolute atomic E-state index is 5.90. The fourth-order valence-corrected chi connectivity index (χ4v) is 1.82. The van der Waals surface area contributed by atoms with Crippen LogP contribution in [0.1, 0.15) is 25.0 Å². The minimum atomic E-state index is 0.784. The lowest BCUT2D eigenvalue weighted by Gasteiger charge is -2.25. The second-order valence-electron chi connectivity index (χ2n) is 4.15. The average molecular weight is 194 g/mol. The molecule has 0 radical (unpaired) electrons. The van der Waals surface area contributed by atoms with Crippen molar-refractivity contribution in [3.05, 3.63) is 5.69 Å². The van der Waals surface area contributed by atoms with E-state index in [-0.39, 0.29) is 0 Å². The Morgan fingerprint density at radius 2 is 2.29 bits per heavy atom. The smallest absolute Gasteiger partial charge is 0.147 e. The van der Waals surface area contributed by atoms with E-state index in [1.54, 1.807) is 0 Å². The van der Waals surface area contributed by atoms with Crippen molar-refractivity contribution in [1.82, 2.24) is 9.78 Å². The molecule has 0 aromatic carbocycles. The lowest BCUT2D eigenvalue weighted by molar-refractivity contribution is 0.333. The number of nitrogen functional groups attached to an aromatic ring is 1. The number of hydrogen-bond donors (Lipinski definition) is 2.